The number of rotatable bonds is 6. The van der Waals surface area contributed by atoms with Gasteiger partial charge in [-0.05, 0) is 63.0 Å². The lowest BCUT2D eigenvalue weighted by molar-refractivity contribution is -0.121. The van der Waals surface area contributed by atoms with Crippen molar-refractivity contribution in [2.24, 2.45) is 0 Å². The van der Waals surface area contributed by atoms with Crippen LogP contribution in [0.2, 0.25) is 0 Å². The van der Waals surface area contributed by atoms with E-state index in [4.69, 9.17) is 21.7 Å². The van der Waals surface area contributed by atoms with Crippen molar-refractivity contribution in [3.63, 3.8) is 0 Å². The fourth-order valence-corrected chi connectivity index (χ4v) is 5.09. The fraction of sp³-hybridized carbons (Fsp3) is 0.167. The molecule has 0 unspecified atom stereocenters. The molecule has 1 saturated heterocycles. The molecule has 4 rings (SSSR count). The average Bonchev–Trinajstić information content (AvgIpc) is 3.00. The van der Waals surface area contributed by atoms with Crippen LogP contribution in [0, 0.1) is 0 Å². The van der Waals surface area contributed by atoms with Gasteiger partial charge in [0.05, 0.1) is 16.0 Å². The van der Waals surface area contributed by atoms with Crippen LogP contribution >= 0.6 is 39.9 Å². The van der Waals surface area contributed by atoms with Gasteiger partial charge >= 0.3 is 0 Å². The van der Waals surface area contributed by atoms with Crippen LogP contribution in [0.5, 0.6) is 11.5 Å². The van der Waals surface area contributed by atoms with Crippen LogP contribution in [0.25, 0.3) is 16.8 Å². The minimum atomic E-state index is -0.0969. The van der Waals surface area contributed by atoms with Crippen molar-refractivity contribution in [1.29, 1.82) is 0 Å². The number of fused-ring (bicyclic) bond motifs is 1. The number of nitrogens with zero attached hydrogens (tertiary/aromatic N) is 1. The maximum atomic E-state index is 12.3. The molecule has 1 heterocycles. The molecule has 0 saturated carbocycles. The van der Waals surface area contributed by atoms with Gasteiger partial charge in [0.25, 0.3) is 5.91 Å². The zero-order valence-corrected chi connectivity index (χ0v) is 20.3. The normalized spacial score (nSPS) is 15.2. The third-order valence-corrected chi connectivity index (χ3v) is 6.94. The van der Waals surface area contributed by atoms with Gasteiger partial charge in [0.15, 0.2) is 11.5 Å². The molecule has 0 aromatic heterocycles. The SMILES string of the molecule is CCOc1cc(/C=C2/SC(=S)N(C)C2=O)cc(Br)c1OCc1cccc2ccccc12. The number of thioether (sulfide) groups is 1. The van der Waals surface area contributed by atoms with Crippen LogP contribution in [0.1, 0.15) is 18.1 Å². The maximum Gasteiger partial charge on any atom is 0.265 e. The van der Waals surface area contributed by atoms with Crippen LogP contribution in [-0.4, -0.2) is 28.8 Å². The summed E-state index contributed by atoms with van der Waals surface area (Å²) in [4.78, 5) is 14.4. The number of hydrogen-bond acceptors (Lipinski definition) is 5. The molecule has 1 amide bonds. The first-order valence-corrected chi connectivity index (χ1v) is 11.8. The second-order valence-corrected chi connectivity index (χ2v) is 9.46. The summed E-state index contributed by atoms with van der Waals surface area (Å²) in [6.07, 6.45) is 1.82. The van der Waals surface area contributed by atoms with E-state index in [0.29, 0.717) is 33.9 Å². The van der Waals surface area contributed by atoms with E-state index in [1.807, 2.05) is 43.3 Å². The van der Waals surface area contributed by atoms with Gasteiger partial charge in [0.1, 0.15) is 10.9 Å². The minimum absolute atomic E-state index is 0.0969. The number of ether oxygens (including phenoxy) is 2. The molecule has 3 aromatic carbocycles. The Kier molecular flexibility index (Phi) is 6.65. The van der Waals surface area contributed by atoms with Gasteiger partial charge in [-0.3, -0.25) is 9.69 Å². The number of amides is 1. The van der Waals surface area contributed by atoms with Crippen LogP contribution in [-0.2, 0) is 11.4 Å². The number of benzene rings is 3. The van der Waals surface area contributed by atoms with Crippen molar-refractivity contribution in [2.75, 3.05) is 13.7 Å². The topological polar surface area (TPSA) is 38.8 Å². The number of hydrogen-bond donors (Lipinski definition) is 0. The Balaban J connectivity index is 1.64. The Morgan fingerprint density at radius 2 is 1.90 bits per heavy atom. The van der Waals surface area contributed by atoms with Gasteiger partial charge in [-0.2, -0.15) is 0 Å². The van der Waals surface area contributed by atoms with Crippen molar-refractivity contribution in [1.82, 2.24) is 4.90 Å². The van der Waals surface area contributed by atoms with Crippen LogP contribution in [0.4, 0.5) is 0 Å². The predicted octanol–water partition coefficient (Wildman–Crippen LogP) is 6.41. The summed E-state index contributed by atoms with van der Waals surface area (Å²) in [7, 11) is 1.68. The highest BCUT2D eigenvalue weighted by Gasteiger charge is 2.28. The van der Waals surface area contributed by atoms with E-state index in [1.54, 1.807) is 7.05 Å². The molecular formula is C24H20BrNO3S2. The number of carbonyl (C=O) groups excluding carboxylic acids is 1. The second-order valence-electron chi connectivity index (χ2n) is 6.93. The molecule has 3 aromatic rings. The van der Waals surface area contributed by atoms with Crippen molar-refractivity contribution in [2.45, 2.75) is 13.5 Å². The number of likely N-dealkylation sites (N-methyl/N-ethyl adjacent to an activating group) is 1. The monoisotopic (exact) mass is 513 g/mol. The van der Waals surface area contributed by atoms with Crippen molar-refractivity contribution in [3.05, 3.63) is 75.1 Å². The molecule has 0 N–H and O–H groups in total. The molecule has 31 heavy (non-hydrogen) atoms. The van der Waals surface area contributed by atoms with Gasteiger partial charge in [0, 0.05) is 7.05 Å². The van der Waals surface area contributed by atoms with Crippen LogP contribution < -0.4 is 9.47 Å². The molecule has 0 aliphatic carbocycles. The smallest absolute Gasteiger partial charge is 0.265 e. The highest BCUT2D eigenvalue weighted by Crippen LogP contribution is 2.39. The first-order chi connectivity index (χ1) is 15.0. The average molecular weight is 514 g/mol. The summed E-state index contributed by atoms with van der Waals surface area (Å²) in [5.74, 6) is 1.16. The quantitative estimate of drug-likeness (QED) is 0.281. The summed E-state index contributed by atoms with van der Waals surface area (Å²) in [5.41, 5.74) is 1.94. The van der Waals surface area contributed by atoms with E-state index in [2.05, 4.69) is 40.2 Å². The van der Waals surface area contributed by atoms with Crippen molar-refractivity contribution >= 4 is 67.0 Å². The van der Waals surface area contributed by atoms with E-state index in [0.717, 1.165) is 21.0 Å². The minimum Gasteiger partial charge on any atom is -0.490 e. The Hall–Kier alpha value is -2.35. The molecular weight excluding hydrogens is 494 g/mol. The largest absolute Gasteiger partial charge is 0.490 e. The third kappa shape index (κ3) is 4.63. The Morgan fingerprint density at radius 3 is 2.65 bits per heavy atom. The molecule has 0 atom stereocenters. The molecule has 4 nitrogen and oxygen atoms in total. The van der Waals surface area contributed by atoms with Gasteiger partial charge in [0.2, 0.25) is 0 Å². The van der Waals surface area contributed by atoms with Gasteiger partial charge in [-0.25, -0.2) is 0 Å². The lowest BCUT2D eigenvalue weighted by Gasteiger charge is -2.16. The lowest BCUT2D eigenvalue weighted by atomic mass is 10.1. The first kappa shape index (κ1) is 21.9. The molecule has 158 valence electrons. The highest BCUT2D eigenvalue weighted by atomic mass is 79.9. The van der Waals surface area contributed by atoms with Crippen molar-refractivity contribution in [3.8, 4) is 11.5 Å². The summed E-state index contributed by atoms with van der Waals surface area (Å²) >= 11 is 10.1. The summed E-state index contributed by atoms with van der Waals surface area (Å²) in [6, 6.07) is 18.2. The van der Waals surface area contributed by atoms with Crippen molar-refractivity contribution < 1.29 is 14.3 Å². The molecule has 7 heteroatoms. The van der Waals surface area contributed by atoms with E-state index < -0.39 is 0 Å². The summed E-state index contributed by atoms with van der Waals surface area (Å²) < 4.78 is 13.4. The van der Waals surface area contributed by atoms with E-state index in [-0.39, 0.29) is 5.91 Å². The maximum absolute atomic E-state index is 12.3. The molecule has 0 radical (unpaired) electrons. The lowest BCUT2D eigenvalue weighted by Crippen LogP contribution is -2.22. The van der Waals surface area contributed by atoms with Crippen LogP contribution in [0.15, 0.2) is 64.0 Å². The summed E-state index contributed by atoms with van der Waals surface area (Å²) in [5, 5.41) is 2.34. The second kappa shape index (κ2) is 9.42. The highest BCUT2D eigenvalue weighted by molar-refractivity contribution is 9.10. The third-order valence-electron chi connectivity index (χ3n) is 4.87. The Labute approximate surface area is 199 Å². The number of thiocarbonyl (C=S) groups is 1. The Morgan fingerprint density at radius 1 is 1.13 bits per heavy atom. The first-order valence-electron chi connectivity index (χ1n) is 9.75. The standard InChI is InChI=1S/C24H20BrNO3S2/c1-3-28-20-12-15(13-21-23(27)26(2)24(30)31-21)11-19(25)22(20)29-14-17-9-6-8-16-7-4-5-10-18(16)17/h4-13H,3,14H2,1-2H3/b21-13+. The van der Waals surface area contributed by atoms with Gasteiger partial charge < -0.3 is 9.47 Å². The summed E-state index contributed by atoms with van der Waals surface area (Å²) in [6.45, 7) is 2.84. The predicted molar refractivity (Wildman–Crippen MR) is 135 cm³/mol. The van der Waals surface area contributed by atoms with E-state index in [1.165, 1.54) is 22.0 Å². The van der Waals surface area contributed by atoms with E-state index >= 15 is 0 Å². The van der Waals surface area contributed by atoms with Gasteiger partial charge in [-0.1, -0.05) is 66.4 Å². The van der Waals surface area contributed by atoms with E-state index in [9.17, 15) is 4.79 Å². The fourth-order valence-electron chi connectivity index (χ4n) is 3.34. The Bertz CT molecular complexity index is 1200. The zero-order chi connectivity index (χ0) is 22.0. The van der Waals surface area contributed by atoms with Gasteiger partial charge in [-0.15, -0.1) is 0 Å². The molecule has 0 bridgehead atoms. The molecule has 1 aliphatic heterocycles. The number of halogens is 1. The van der Waals surface area contributed by atoms with Crippen LogP contribution in [0.3, 0.4) is 0 Å². The molecule has 0 spiro atoms. The zero-order valence-electron chi connectivity index (χ0n) is 17.1. The molecule has 1 fully saturated rings. The number of carbonyl (C=O) groups is 1. The molecule has 1 aliphatic rings.